The number of hydrogen-bond donors (Lipinski definition) is 2. The molecule has 0 aromatic rings. The van der Waals surface area contributed by atoms with Crippen LogP contribution in [-0.4, -0.2) is 48.7 Å². The van der Waals surface area contributed by atoms with Crippen molar-refractivity contribution in [2.75, 3.05) is 13.1 Å². The SMILES string of the molecule is CC1(C)OB(C=C2CNC2)OC1(C)C.O=C(O)C(F)(F)F. The van der Waals surface area contributed by atoms with E-state index >= 15 is 0 Å². The van der Waals surface area contributed by atoms with E-state index in [1.807, 2.05) is 0 Å². The monoisotopic (exact) mass is 309 g/mol. The Balaban J connectivity index is 0.000000270. The molecule has 2 saturated heterocycles. The van der Waals surface area contributed by atoms with Gasteiger partial charge in [0.25, 0.3) is 0 Å². The summed E-state index contributed by atoms with van der Waals surface area (Å²) in [6, 6.07) is 0. The summed E-state index contributed by atoms with van der Waals surface area (Å²) in [6.45, 7) is 10.2. The van der Waals surface area contributed by atoms with Gasteiger partial charge in [-0.3, -0.25) is 0 Å². The van der Waals surface area contributed by atoms with Crippen LogP contribution in [0.15, 0.2) is 11.5 Å². The normalized spacial score (nSPS) is 23.0. The summed E-state index contributed by atoms with van der Waals surface area (Å²) in [5.74, 6) is -0.667. The first-order chi connectivity index (χ1) is 9.35. The van der Waals surface area contributed by atoms with Crippen molar-refractivity contribution in [3.63, 3.8) is 0 Å². The van der Waals surface area contributed by atoms with E-state index in [-0.39, 0.29) is 18.3 Å². The lowest BCUT2D eigenvalue weighted by molar-refractivity contribution is -0.192. The zero-order valence-electron chi connectivity index (χ0n) is 12.4. The van der Waals surface area contributed by atoms with E-state index in [0.29, 0.717) is 0 Å². The number of alkyl halides is 3. The van der Waals surface area contributed by atoms with Crippen molar-refractivity contribution < 1.29 is 32.4 Å². The number of carboxylic acid groups (broad SMARTS) is 1. The molecule has 0 radical (unpaired) electrons. The molecule has 5 nitrogen and oxygen atoms in total. The summed E-state index contributed by atoms with van der Waals surface area (Å²) >= 11 is 0. The Labute approximate surface area is 121 Å². The third-order valence-corrected chi connectivity index (χ3v) is 3.59. The molecule has 0 aromatic carbocycles. The summed E-state index contributed by atoms with van der Waals surface area (Å²) in [4.78, 5) is 8.90. The van der Waals surface area contributed by atoms with Gasteiger partial charge in [0.1, 0.15) is 0 Å². The maximum Gasteiger partial charge on any atom is 0.490 e. The maximum absolute atomic E-state index is 10.6. The Kier molecular flexibility index (Phi) is 5.12. The lowest BCUT2D eigenvalue weighted by atomic mass is 9.85. The first-order valence-corrected chi connectivity index (χ1v) is 6.41. The number of nitrogens with one attached hydrogen (secondary N) is 1. The van der Waals surface area contributed by atoms with E-state index in [2.05, 4.69) is 39.0 Å². The minimum Gasteiger partial charge on any atom is -0.475 e. The molecule has 0 aromatic heterocycles. The van der Waals surface area contributed by atoms with Gasteiger partial charge in [0.15, 0.2) is 0 Å². The van der Waals surface area contributed by atoms with Gasteiger partial charge >= 0.3 is 19.3 Å². The van der Waals surface area contributed by atoms with Crippen LogP contribution in [0, 0.1) is 0 Å². The molecule has 0 aliphatic carbocycles. The van der Waals surface area contributed by atoms with Gasteiger partial charge in [-0.15, -0.1) is 0 Å². The van der Waals surface area contributed by atoms with Crippen molar-refractivity contribution >= 4 is 13.1 Å². The summed E-state index contributed by atoms with van der Waals surface area (Å²) in [5.41, 5.74) is 0.946. The predicted molar refractivity (Wildman–Crippen MR) is 70.7 cm³/mol. The fraction of sp³-hybridized carbons (Fsp3) is 0.750. The minimum atomic E-state index is -5.08. The highest BCUT2D eigenvalue weighted by Gasteiger charge is 2.50. The molecule has 0 amide bonds. The van der Waals surface area contributed by atoms with Gasteiger partial charge in [0.05, 0.1) is 11.2 Å². The van der Waals surface area contributed by atoms with Crippen LogP contribution in [0.1, 0.15) is 27.7 Å². The number of hydrogen-bond acceptors (Lipinski definition) is 4. The number of aliphatic carboxylic acids is 1. The first-order valence-electron chi connectivity index (χ1n) is 6.41. The molecule has 0 spiro atoms. The van der Waals surface area contributed by atoms with Crippen molar-refractivity contribution in [3.05, 3.63) is 11.5 Å². The van der Waals surface area contributed by atoms with Gasteiger partial charge in [-0.1, -0.05) is 11.5 Å². The van der Waals surface area contributed by atoms with Crippen LogP contribution in [0.2, 0.25) is 0 Å². The largest absolute Gasteiger partial charge is 0.490 e. The lowest BCUT2D eigenvalue weighted by Crippen LogP contribution is -2.41. The highest BCUT2D eigenvalue weighted by atomic mass is 19.4. The number of carboxylic acids is 1. The molecule has 2 heterocycles. The van der Waals surface area contributed by atoms with Crippen LogP contribution < -0.4 is 5.32 Å². The van der Waals surface area contributed by atoms with E-state index in [1.165, 1.54) is 5.57 Å². The second-order valence-corrected chi connectivity index (χ2v) is 5.86. The highest BCUT2D eigenvalue weighted by Crippen LogP contribution is 2.37. The Morgan fingerprint density at radius 1 is 1.24 bits per heavy atom. The molecule has 2 aliphatic rings. The molecule has 0 bridgehead atoms. The molecule has 120 valence electrons. The zero-order valence-corrected chi connectivity index (χ0v) is 12.4. The van der Waals surface area contributed by atoms with E-state index in [0.717, 1.165) is 13.1 Å². The number of rotatable bonds is 1. The van der Waals surface area contributed by atoms with Gasteiger partial charge in [0, 0.05) is 13.1 Å². The minimum absolute atomic E-state index is 0.169. The van der Waals surface area contributed by atoms with Crippen LogP contribution in [-0.2, 0) is 14.1 Å². The lowest BCUT2D eigenvalue weighted by Gasteiger charge is -2.32. The number of halogens is 3. The van der Waals surface area contributed by atoms with Gasteiger partial charge < -0.3 is 19.7 Å². The van der Waals surface area contributed by atoms with Crippen LogP contribution in [0.25, 0.3) is 0 Å². The van der Waals surface area contributed by atoms with Crippen LogP contribution in [0.3, 0.4) is 0 Å². The molecular formula is C12H19BF3NO4. The Morgan fingerprint density at radius 3 is 1.86 bits per heavy atom. The predicted octanol–water partition coefficient (Wildman–Crippen LogP) is 1.78. The van der Waals surface area contributed by atoms with Crippen LogP contribution in [0.4, 0.5) is 13.2 Å². The molecule has 0 atom stereocenters. The molecule has 2 aliphatic heterocycles. The molecule has 2 N–H and O–H groups in total. The van der Waals surface area contributed by atoms with Crippen molar-refractivity contribution in [1.82, 2.24) is 5.32 Å². The van der Waals surface area contributed by atoms with Crippen LogP contribution in [0.5, 0.6) is 0 Å². The third-order valence-electron chi connectivity index (χ3n) is 3.59. The first kappa shape index (κ1) is 18.0. The van der Waals surface area contributed by atoms with Gasteiger partial charge in [-0.05, 0) is 27.7 Å². The second kappa shape index (κ2) is 5.98. The summed E-state index contributed by atoms with van der Waals surface area (Å²) in [5, 5.41) is 10.3. The zero-order chi connectivity index (χ0) is 16.5. The molecule has 2 fully saturated rings. The molecule has 0 saturated carbocycles. The molecule has 9 heteroatoms. The Bertz CT molecular complexity index is 413. The van der Waals surface area contributed by atoms with Crippen molar-refractivity contribution in [3.8, 4) is 0 Å². The molecular weight excluding hydrogens is 290 g/mol. The molecule has 2 rings (SSSR count). The standard InChI is InChI=1S/C10H18BNO2.C2HF3O2/c1-9(2)10(3,4)14-11(13-9)5-8-6-12-7-8;3-2(4,5)1(6)7/h5,12H,6-7H2,1-4H3;(H,6,7). The Morgan fingerprint density at radius 2 is 1.62 bits per heavy atom. The topological polar surface area (TPSA) is 67.8 Å². The van der Waals surface area contributed by atoms with Gasteiger partial charge in [-0.2, -0.15) is 13.2 Å². The quantitative estimate of drug-likeness (QED) is 0.723. The van der Waals surface area contributed by atoms with Crippen LogP contribution >= 0.6 is 0 Å². The number of carbonyl (C=O) groups is 1. The fourth-order valence-corrected chi connectivity index (χ4v) is 1.54. The molecule has 21 heavy (non-hydrogen) atoms. The van der Waals surface area contributed by atoms with Gasteiger partial charge in [0.2, 0.25) is 0 Å². The highest BCUT2D eigenvalue weighted by molar-refractivity contribution is 6.51. The van der Waals surface area contributed by atoms with Crippen molar-refractivity contribution in [1.29, 1.82) is 0 Å². The molecule has 0 unspecified atom stereocenters. The van der Waals surface area contributed by atoms with Crippen molar-refractivity contribution in [2.24, 2.45) is 0 Å². The van der Waals surface area contributed by atoms with Crippen molar-refractivity contribution in [2.45, 2.75) is 45.1 Å². The van der Waals surface area contributed by atoms with E-state index in [1.54, 1.807) is 0 Å². The van der Waals surface area contributed by atoms with E-state index in [9.17, 15) is 13.2 Å². The average molecular weight is 309 g/mol. The van der Waals surface area contributed by atoms with E-state index < -0.39 is 12.1 Å². The van der Waals surface area contributed by atoms with Gasteiger partial charge in [-0.25, -0.2) is 4.79 Å². The fourth-order valence-electron chi connectivity index (χ4n) is 1.54. The smallest absolute Gasteiger partial charge is 0.475 e. The summed E-state index contributed by atoms with van der Waals surface area (Å²) in [6.07, 6.45) is -5.08. The third kappa shape index (κ3) is 4.72. The summed E-state index contributed by atoms with van der Waals surface area (Å²) < 4.78 is 43.4. The maximum atomic E-state index is 10.6. The second-order valence-electron chi connectivity index (χ2n) is 5.86. The Hall–Kier alpha value is -1.06. The summed E-state index contributed by atoms with van der Waals surface area (Å²) in [7, 11) is -0.169. The average Bonchev–Trinajstić information content (AvgIpc) is 2.41. The van der Waals surface area contributed by atoms with E-state index in [4.69, 9.17) is 19.2 Å².